The molecule has 220 valence electrons. The highest BCUT2D eigenvalue weighted by molar-refractivity contribution is 7.15. The number of ether oxygens (including phenoxy) is 2. The van der Waals surface area contributed by atoms with Gasteiger partial charge in [-0.3, -0.25) is 0 Å². The number of hydrogen-bond donors (Lipinski definition) is 1. The molecule has 0 bridgehead atoms. The fourth-order valence-corrected chi connectivity index (χ4v) is 6.67. The van der Waals surface area contributed by atoms with Gasteiger partial charge in [-0.1, -0.05) is 0 Å². The van der Waals surface area contributed by atoms with Gasteiger partial charge in [0.05, 0.1) is 18.4 Å². The van der Waals surface area contributed by atoms with Crippen LogP contribution in [0.15, 0.2) is 24.5 Å². The molecule has 3 atom stereocenters. The molecule has 2 aromatic heterocycles. The summed E-state index contributed by atoms with van der Waals surface area (Å²) >= 11 is 7.37. The van der Waals surface area contributed by atoms with Crippen LogP contribution in [0.1, 0.15) is 51.3 Å². The Balaban J connectivity index is 1.43. The number of halogens is 3. The van der Waals surface area contributed by atoms with Gasteiger partial charge >= 0.3 is 6.09 Å². The minimum Gasteiger partial charge on any atom is -0.486 e. The number of nitrogens with zero attached hydrogens (tertiary/aromatic N) is 5. The summed E-state index contributed by atoms with van der Waals surface area (Å²) < 4.78 is 41.2. The Labute approximate surface area is 246 Å². The molecule has 1 aromatic carbocycles. The summed E-state index contributed by atoms with van der Waals surface area (Å²) in [7, 11) is 0. The number of carbonyl (C=O) groups is 1. The third-order valence-electron chi connectivity index (χ3n) is 7.37. The summed E-state index contributed by atoms with van der Waals surface area (Å²) in [5.41, 5.74) is 6.01. The molecule has 9 nitrogen and oxygen atoms in total. The summed E-state index contributed by atoms with van der Waals surface area (Å²) in [6.07, 6.45) is 3.86. The second kappa shape index (κ2) is 11.6. The average Bonchev–Trinajstić information content (AvgIpc) is 3.34. The van der Waals surface area contributed by atoms with E-state index in [0.717, 1.165) is 17.5 Å². The van der Waals surface area contributed by atoms with Crippen LogP contribution < -0.4 is 15.4 Å². The van der Waals surface area contributed by atoms with Gasteiger partial charge in [-0.05, 0) is 70.2 Å². The van der Waals surface area contributed by atoms with Gasteiger partial charge in [-0.2, -0.15) is 0 Å². The van der Waals surface area contributed by atoms with E-state index >= 15 is 4.39 Å². The second-order valence-corrected chi connectivity index (χ2v) is 12.9. The van der Waals surface area contributed by atoms with Crippen LogP contribution in [0, 0.1) is 17.6 Å². The van der Waals surface area contributed by atoms with E-state index in [9.17, 15) is 9.18 Å². The third-order valence-corrected chi connectivity index (χ3v) is 8.51. The smallest absolute Gasteiger partial charge is 0.410 e. The molecule has 1 saturated heterocycles. The lowest BCUT2D eigenvalue weighted by Gasteiger charge is -2.42. The zero-order valence-corrected chi connectivity index (χ0v) is 24.9. The average molecular weight is 607 g/mol. The first-order valence-corrected chi connectivity index (χ1v) is 14.7. The highest BCUT2D eigenvalue weighted by atomic mass is 35.5. The standard InChI is InChI=1S/C28H33ClF2N6O3S/c1-15(9-17-14-36(27(38)40-28(2,3)4)6-5-18(17)22-13-34-26(32)41-22)37-7-8-39-24-19(30)10-16(11-21(24)37)23-20(31)12-33-25(29)35-23/h10-13,15,17-18H,5-9,14H2,1-4H3,(H2,32,34). The predicted molar refractivity (Wildman–Crippen MR) is 154 cm³/mol. The van der Waals surface area contributed by atoms with Crippen molar-refractivity contribution in [2.45, 2.75) is 58.1 Å². The molecular formula is C28H33ClF2N6O3S. The lowest BCUT2D eigenvalue weighted by Crippen LogP contribution is -2.47. The molecule has 0 saturated carbocycles. The molecule has 0 spiro atoms. The number of nitrogen functional groups attached to an aromatic ring is 1. The fraction of sp³-hybridized carbons (Fsp3) is 0.500. The number of rotatable bonds is 5. The molecule has 0 radical (unpaired) electrons. The summed E-state index contributed by atoms with van der Waals surface area (Å²) in [5.74, 6) is -1.01. The molecule has 3 aromatic rings. The molecule has 41 heavy (non-hydrogen) atoms. The second-order valence-electron chi connectivity index (χ2n) is 11.5. The zero-order chi connectivity index (χ0) is 29.5. The van der Waals surface area contributed by atoms with Crippen molar-refractivity contribution in [1.82, 2.24) is 19.9 Å². The Morgan fingerprint density at radius 2 is 2.02 bits per heavy atom. The number of likely N-dealkylation sites (tertiary alicyclic amines) is 1. The molecule has 0 aliphatic carbocycles. The van der Waals surface area contributed by atoms with Crippen molar-refractivity contribution in [1.29, 1.82) is 0 Å². The van der Waals surface area contributed by atoms with Crippen molar-refractivity contribution in [3.8, 4) is 17.0 Å². The van der Waals surface area contributed by atoms with Gasteiger partial charge in [-0.15, -0.1) is 11.3 Å². The van der Waals surface area contributed by atoms with Crippen molar-refractivity contribution < 1.29 is 23.0 Å². The van der Waals surface area contributed by atoms with Crippen LogP contribution in [0.3, 0.4) is 0 Å². The van der Waals surface area contributed by atoms with Crippen molar-refractivity contribution >= 4 is 39.8 Å². The Bertz CT molecular complexity index is 1430. The Hall–Kier alpha value is -3.25. The topological polar surface area (TPSA) is 107 Å². The van der Waals surface area contributed by atoms with E-state index in [0.29, 0.717) is 43.5 Å². The minimum absolute atomic E-state index is 0.0589. The quantitative estimate of drug-likeness (QED) is 0.346. The number of amides is 1. The van der Waals surface area contributed by atoms with Gasteiger partial charge in [-0.25, -0.2) is 28.5 Å². The van der Waals surface area contributed by atoms with Gasteiger partial charge in [0.2, 0.25) is 5.28 Å². The molecule has 2 aliphatic rings. The molecule has 1 fully saturated rings. The molecule has 4 heterocycles. The number of piperidine rings is 1. The van der Waals surface area contributed by atoms with Crippen LogP contribution in [0.2, 0.25) is 5.28 Å². The monoisotopic (exact) mass is 606 g/mol. The van der Waals surface area contributed by atoms with E-state index in [2.05, 4.69) is 26.8 Å². The van der Waals surface area contributed by atoms with Crippen LogP contribution >= 0.6 is 22.9 Å². The van der Waals surface area contributed by atoms with Gasteiger partial charge < -0.3 is 25.0 Å². The SMILES string of the molecule is CC(CC1CN(C(=O)OC(C)(C)C)CCC1c1cnc(N)s1)N1CCOc2c(F)cc(-c3nc(Cl)ncc3F)cc21. The number of carbonyl (C=O) groups excluding carboxylic acids is 1. The molecule has 2 aliphatic heterocycles. The maximum Gasteiger partial charge on any atom is 0.410 e. The Morgan fingerprint density at radius 1 is 1.24 bits per heavy atom. The largest absolute Gasteiger partial charge is 0.486 e. The number of nitrogens with two attached hydrogens (primary N) is 1. The lowest BCUT2D eigenvalue weighted by molar-refractivity contribution is 0.0136. The first-order valence-electron chi connectivity index (χ1n) is 13.5. The normalized spacial score (nSPS) is 19.9. The Morgan fingerprint density at radius 3 is 2.73 bits per heavy atom. The molecule has 2 N–H and O–H groups in total. The number of aromatic nitrogens is 3. The summed E-state index contributed by atoms with van der Waals surface area (Å²) in [5, 5.41) is 0.367. The summed E-state index contributed by atoms with van der Waals surface area (Å²) in [6.45, 7) is 9.47. The number of fused-ring (bicyclic) bond motifs is 1. The lowest BCUT2D eigenvalue weighted by atomic mass is 9.80. The number of benzene rings is 1. The summed E-state index contributed by atoms with van der Waals surface area (Å²) in [6, 6.07) is 2.78. The molecule has 5 rings (SSSR count). The van der Waals surface area contributed by atoms with Gasteiger partial charge in [0.1, 0.15) is 17.9 Å². The van der Waals surface area contributed by atoms with Crippen LogP contribution in [0.4, 0.5) is 24.4 Å². The van der Waals surface area contributed by atoms with E-state index in [4.69, 9.17) is 26.8 Å². The van der Waals surface area contributed by atoms with Gasteiger partial charge in [0.25, 0.3) is 0 Å². The molecular weight excluding hydrogens is 574 g/mol. The van der Waals surface area contributed by atoms with E-state index < -0.39 is 17.2 Å². The van der Waals surface area contributed by atoms with Crippen LogP contribution in [0.5, 0.6) is 5.75 Å². The third kappa shape index (κ3) is 6.48. The van der Waals surface area contributed by atoms with Crippen molar-refractivity contribution in [3.63, 3.8) is 0 Å². The predicted octanol–water partition coefficient (Wildman–Crippen LogP) is 6.13. The van der Waals surface area contributed by atoms with Crippen molar-refractivity contribution in [2.24, 2.45) is 5.92 Å². The van der Waals surface area contributed by atoms with Gasteiger partial charge in [0, 0.05) is 41.7 Å². The zero-order valence-electron chi connectivity index (χ0n) is 23.4. The minimum atomic E-state index is -0.707. The van der Waals surface area contributed by atoms with Gasteiger partial charge in [0.15, 0.2) is 22.5 Å². The van der Waals surface area contributed by atoms with E-state index in [1.165, 1.54) is 17.4 Å². The van der Waals surface area contributed by atoms with Crippen molar-refractivity contribution in [3.05, 3.63) is 46.3 Å². The van der Waals surface area contributed by atoms with Crippen molar-refractivity contribution in [2.75, 3.05) is 36.9 Å². The highest BCUT2D eigenvalue weighted by Crippen LogP contribution is 2.43. The molecule has 3 unspecified atom stereocenters. The van der Waals surface area contributed by atoms with E-state index in [1.807, 2.05) is 27.0 Å². The molecule has 13 heteroatoms. The van der Waals surface area contributed by atoms with Crippen LogP contribution in [-0.2, 0) is 4.74 Å². The highest BCUT2D eigenvalue weighted by Gasteiger charge is 2.37. The first kappa shape index (κ1) is 29.2. The van der Waals surface area contributed by atoms with Crippen LogP contribution in [-0.4, -0.2) is 63.8 Å². The maximum absolute atomic E-state index is 15.3. The van der Waals surface area contributed by atoms with E-state index in [-0.39, 0.29) is 46.3 Å². The summed E-state index contributed by atoms with van der Waals surface area (Å²) in [4.78, 5) is 29.8. The van der Waals surface area contributed by atoms with E-state index in [1.54, 1.807) is 11.0 Å². The first-order chi connectivity index (χ1) is 19.4. The van der Waals surface area contributed by atoms with Crippen LogP contribution in [0.25, 0.3) is 11.3 Å². The fourth-order valence-electron chi connectivity index (χ4n) is 5.62. The number of hydrogen-bond acceptors (Lipinski definition) is 9. The maximum atomic E-state index is 15.3. The number of thiazole rings is 1. The Kier molecular flexibility index (Phi) is 8.24. The number of anilines is 2. The molecule has 1 amide bonds.